The van der Waals surface area contributed by atoms with Gasteiger partial charge in [0.1, 0.15) is 6.54 Å². The molecular formula is C18H15ClN2O3. The molecule has 0 unspecified atom stereocenters. The Labute approximate surface area is 144 Å². The zero-order chi connectivity index (χ0) is 17.1. The van der Waals surface area contributed by atoms with Gasteiger partial charge in [-0.3, -0.25) is 14.6 Å². The SMILES string of the molecule is O=C(O)CCN1C(=O)CN=C(c2ccccc2)c2cc(Cl)ccc21. The average Bonchev–Trinajstić information content (AvgIpc) is 2.70. The molecule has 3 rings (SSSR count). The molecule has 0 spiro atoms. The van der Waals surface area contributed by atoms with Gasteiger partial charge in [0.2, 0.25) is 5.91 Å². The minimum Gasteiger partial charge on any atom is -0.481 e. The summed E-state index contributed by atoms with van der Waals surface area (Å²) in [5.74, 6) is -1.18. The lowest BCUT2D eigenvalue weighted by Crippen LogP contribution is -2.34. The van der Waals surface area contributed by atoms with Gasteiger partial charge in [-0.1, -0.05) is 41.9 Å². The Bertz CT molecular complexity index is 818. The third-order valence-electron chi connectivity index (χ3n) is 3.77. The van der Waals surface area contributed by atoms with E-state index < -0.39 is 5.97 Å². The highest BCUT2D eigenvalue weighted by Crippen LogP contribution is 2.29. The molecule has 0 aliphatic carbocycles. The molecule has 1 aliphatic heterocycles. The number of halogens is 1. The molecular weight excluding hydrogens is 328 g/mol. The number of nitrogens with zero attached hydrogens (tertiary/aromatic N) is 2. The number of carboxylic acids is 1. The van der Waals surface area contributed by atoms with Crippen LogP contribution in [0.2, 0.25) is 5.02 Å². The normalized spacial score (nSPS) is 14.0. The van der Waals surface area contributed by atoms with Gasteiger partial charge >= 0.3 is 5.97 Å². The van der Waals surface area contributed by atoms with E-state index in [9.17, 15) is 9.59 Å². The van der Waals surface area contributed by atoms with E-state index in [2.05, 4.69) is 4.99 Å². The van der Waals surface area contributed by atoms with Crippen molar-refractivity contribution < 1.29 is 14.7 Å². The first-order valence-corrected chi connectivity index (χ1v) is 7.86. The monoisotopic (exact) mass is 342 g/mol. The summed E-state index contributed by atoms with van der Waals surface area (Å²) in [5.41, 5.74) is 2.92. The number of carboxylic acid groups (broad SMARTS) is 1. The van der Waals surface area contributed by atoms with Crippen LogP contribution >= 0.6 is 11.6 Å². The van der Waals surface area contributed by atoms with E-state index in [0.29, 0.717) is 16.4 Å². The average molecular weight is 343 g/mol. The van der Waals surface area contributed by atoms with Crippen LogP contribution in [-0.2, 0) is 9.59 Å². The molecule has 122 valence electrons. The predicted molar refractivity (Wildman–Crippen MR) is 93.0 cm³/mol. The Hall–Kier alpha value is -2.66. The smallest absolute Gasteiger partial charge is 0.305 e. The van der Waals surface area contributed by atoms with Crippen molar-refractivity contribution in [2.24, 2.45) is 4.99 Å². The topological polar surface area (TPSA) is 70.0 Å². The molecule has 0 fully saturated rings. The number of fused-ring (bicyclic) bond motifs is 1. The summed E-state index contributed by atoms with van der Waals surface area (Å²) in [4.78, 5) is 29.3. The number of anilines is 1. The zero-order valence-corrected chi connectivity index (χ0v) is 13.5. The summed E-state index contributed by atoms with van der Waals surface area (Å²) in [6.45, 7) is 0.0660. The summed E-state index contributed by atoms with van der Waals surface area (Å²) in [6.07, 6.45) is -0.130. The molecule has 2 aromatic rings. The predicted octanol–water partition coefficient (Wildman–Crippen LogP) is 3.00. The zero-order valence-electron chi connectivity index (χ0n) is 12.8. The van der Waals surface area contributed by atoms with Crippen molar-refractivity contribution in [3.63, 3.8) is 0 Å². The lowest BCUT2D eigenvalue weighted by molar-refractivity contribution is -0.136. The number of hydrogen-bond acceptors (Lipinski definition) is 3. The molecule has 6 heteroatoms. The number of hydrogen-bond donors (Lipinski definition) is 1. The highest BCUT2D eigenvalue weighted by atomic mass is 35.5. The van der Waals surface area contributed by atoms with Gasteiger partial charge in [-0.05, 0) is 18.2 Å². The number of benzene rings is 2. The van der Waals surface area contributed by atoms with Gasteiger partial charge in [0.15, 0.2) is 0 Å². The number of rotatable bonds is 4. The largest absolute Gasteiger partial charge is 0.481 e. The number of amides is 1. The maximum absolute atomic E-state index is 12.4. The van der Waals surface area contributed by atoms with Gasteiger partial charge in [0, 0.05) is 22.7 Å². The molecule has 1 heterocycles. The molecule has 0 bridgehead atoms. The fourth-order valence-corrected chi connectivity index (χ4v) is 2.85. The molecule has 1 aliphatic rings. The standard InChI is InChI=1S/C18H15ClN2O3/c19-13-6-7-15-14(10-13)18(12-4-2-1-3-5-12)20-11-16(22)21(15)9-8-17(23)24/h1-7,10H,8-9,11H2,(H,23,24). The molecule has 1 N–H and O–H groups in total. The van der Waals surface area contributed by atoms with E-state index in [1.165, 1.54) is 4.90 Å². The van der Waals surface area contributed by atoms with Crippen molar-refractivity contribution in [3.8, 4) is 0 Å². The van der Waals surface area contributed by atoms with Crippen LogP contribution in [0.4, 0.5) is 5.69 Å². The first-order valence-electron chi connectivity index (χ1n) is 7.48. The van der Waals surface area contributed by atoms with Crippen molar-refractivity contribution in [3.05, 3.63) is 64.7 Å². The Balaban J connectivity index is 2.10. The van der Waals surface area contributed by atoms with Gasteiger partial charge in [0.05, 0.1) is 17.8 Å². The minimum atomic E-state index is -0.952. The van der Waals surface area contributed by atoms with E-state index >= 15 is 0 Å². The summed E-state index contributed by atoms with van der Waals surface area (Å²) in [7, 11) is 0. The van der Waals surface area contributed by atoms with Crippen LogP contribution in [0.3, 0.4) is 0 Å². The van der Waals surface area contributed by atoms with E-state index in [1.807, 2.05) is 30.3 Å². The molecule has 2 aromatic carbocycles. The van der Waals surface area contributed by atoms with Crippen molar-refractivity contribution in [1.82, 2.24) is 0 Å². The molecule has 0 atom stereocenters. The maximum atomic E-state index is 12.4. The fourth-order valence-electron chi connectivity index (χ4n) is 2.68. The van der Waals surface area contributed by atoms with Gasteiger partial charge in [-0.25, -0.2) is 0 Å². The van der Waals surface area contributed by atoms with Crippen LogP contribution in [-0.4, -0.2) is 35.8 Å². The maximum Gasteiger partial charge on any atom is 0.305 e. The number of benzodiazepines with no additional fused rings is 1. The first kappa shape index (κ1) is 16.2. The minimum absolute atomic E-state index is 0.0316. The summed E-state index contributed by atoms with van der Waals surface area (Å²) in [6, 6.07) is 14.7. The molecule has 24 heavy (non-hydrogen) atoms. The lowest BCUT2D eigenvalue weighted by atomic mass is 10.00. The van der Waals surface area contributed by atoms with Crippen LogP contribution in [0.15, 0.2) is 53.5 Å². The van der Waals surface area contributed by atoms with Crippen LogP contribution < -0.4 is 4.90 Å². The van der Waals surface area contributed by atoms with E-state index in [0.717, 1.165) is 11.1 Å². The number of aliphatic imine (C=N–C) groups is 1. The van der Waals surface area contributed by atoms with Gasteiger partial charge < -0.3 is 10.0 Å². The summed E-state index contributed by atoms with van der Waals surface area (Å²) in [5, 5.41) is 9.47. The van der Waals surface area contributed by atoms with Crippen LogP contribution in [0.1, 0.15) is 17.5 Å². The molecule has 0 radical (unpaired) electrons. The summed E-state index contributed by atoms with van der Waals surface area (Å²) >= 11 is 6.14. The quantitative estimate of drug-likeness (QED) is 0.928. The molecule has 0 saturated carbocycles. The van der Waals surface area contributed by atoms with Gasteiger partial charge in [-0.2, -0.15) is 0 Å². The lowest BCUT2D eigenvalue weighted by Gasteiger charge is -2.22. The Morgan fingerprint density at radius 1 is 1.21 bits per heavy atom. The first-order chi connectivity index (χ1) is 11.6. The van der Waals surface area contributed by atoms with Crippen molar-refractivity contribution in [2.75, 3.05) is 18.0 Å². The molecule has 0 aromatic heterocycles. The summed E-state index contributed by atoms with van der Waals surface area (Å²) < 4.78 is 0. The van der Waals surface area contributed by atoms with Crippen LogP contribution in [0, 0.1) is 0 Å². The second-order valence-electron chi connectivity index (χ2n) is 5.38. The van der Waals surface area contributed by atoms with E-state index in [1.54, 1.807) is 18.2 Å². The Kier molecular flexibility index (Phi) is 4.62. The Morgan fingerprint density at radius 2 is 1.96 bits per heavy atom. The van der Waals surface area contributed by atoms with Crippen LogP contribution in [0.5, 0.6) is 0 Å². The highest BCUT2D eigenvalue weighted by molar-refractivity contribution is 6.32. The number of carbonyl (C=O) groups excluding carboxylic acids is 1. The third-order valence-corrected chi connectivity index (χ3v) is 4.01. The van der Waals surface area contributed by atoms with Crippen molar-refractivity contribution in [1.29, 1.82) is 0 Å². The fraction of sp³-hybridized carbons (Fsp3) is 0.167. The molecule has 0 saturated heterocycles. The van der Waals surface area contributed by atoms with Crippen LogP contribution in [0.25, 0.3) is 0 Å². The molecule has 1 amide bonds. The van der Waals surface area contributed by atoms with Crippen molar-refractivity contribution >= 4 is 34.9 Å². The second-order valence-corrected chi connectivity index (χ2v) is 5.82. The third kappa shape index (κ3) is 3.31. The second kappa shape index (κ2) is 6.84. The van der Waals surface area contributed by atoms with E-state index in [-0.39, 0.29) is 25.4 Å². The van der Waals surface area contributed by atoms with E-state index in [4.69, 9.17) is 16.7 Å². The van der Waals surface area contributed by atoms with Crippen molar-refractivity contribution in [2.45, 2.75) is 6.42 Å². The number of aliphatic carboxylic acids is 1. The molecule has 5 nitrogen and oxygen atoms in total. The number of carbonyl (C=O) groups is 2. The highest BCUT2D eigenvalue weighted by Gasteiger charge is 2.25. The Morgan fingerprint density at radius 3 is 2.67 bits per heavy atom. The van der Waals surface area contributed by atoms with Gasteiger partial charge in [0.25, 0.3) is 0 Å². The van der Waals surface area contributed by atoms with Gasteiger partial charge in [-0.15, -0.1) is 0 Å².